The first kappa shape index (κ1) is 12.8. The van der Waals surface area contributed by atoms with E-state index in [4.69, 9.17) is 4.74 Å². The lowest BCUT2D eigenvalue weighted by atomic mass is 9.90. The predicted octanol–water partition coefficient (Wildman–Crippen LogP) is 1.17. The molecule has 0 spiro atoms. The summed E-state index contributed by atoms with van der Waals surface area (Å²) >= 11 is 0. The van der Waals surface area contributed by atoms with Crippen LogP contribution in [0, 0.1) is 5.92 Å². The largest absolute Gasteiger partial charge is 0.391 e. The fourth-order valence-corrected chi connectivity index (χ4v) is 2.93. The van der Waals surface area contributed by atoms with Gasteiger partial charge in [0.1, 0.15) is 0 Å². The summed E-state index contributed by atoms with van der Waals surface area (Å²) in [4.78, 5) is 14.0. The van der Waals surface area contributed by atoms with Gasteiger partial charge in [-0.25, -0.2) is 0 Å². The van der Waals surface area contributed by atoms with E-state index in [0.717, 1.165) is 45.1 Å². The van der Waals surface area contributed by atoms with E-state index in [1.165, 1.54) is 0 Å². The van der Waals surface area contributed by atoms with Gasteiger partial charge in [0.15, 0.2) is 0 Å². The molecule has 3 unspecified atom stereocenters. The summed E-state index contributed by atoms with van der Waals surface area (Å²) in [7, 11) is 1.83. The van der Waals surface area contributed by atoms with Gasteiger partial charge in [0.2, 0.25) is 5.91 Å². The van der Waals surface area contributed by atoms with E-state index in [2.05, 4.69) is 0 Å². The molecule has 1 aliphatic carbocycles. The zero-order valence-electron chi connectivity index (χ0n) is 10.6. The van der Waals surface area contributed by atoms with Gasteiger partial charge in [-0.3, -0.25) is 4.79 Å². The molecule has 0 aromatic heterocycles. The van der Waals surface area contributed by atoms with E-state index in [1.807, 2.05) is 7.05 Å². The molecule has 1 saturated carbocycles. The molecule has 1 amide bonds. The van der Waals surface area contributed by atoms with Gasteiger partial charge in [-0.2, -0.15) is 0 Å². The summed E-state index contributed by atoms with van der Waals surface area (Å²) in [6.07, 6.45) is 5.48. The number of ether oxygens (including phenoxy) is 1. The highest BCUT2D eigenvalue weighted by molar-refractivity contribution is 5.79. The molecule has 98 valence electrons. The molecule has 3 atom stereocenters. The van der Waals surface area contributed by atoms with Crippen molar-refractivity contribution >= 4 is 5.91 Å². The van der Waals surface area contributed by atoms with Crippen molar-refractivity contribution in [3.05, 3.63) is 0 Å². The molecule has 1 saturated heterocycles. The molecule has 0 bridgehead atoms. The van der Waals surface area contributed by atoms with Crippen LogP contribution in [0.5, 0.6) is 0 Å². The molecule has 0 aromatic rings. The van der Waals surface area contributed by atoms with Crippen molar-refractivity contribution in [1.82, 2.24) is 4.90 Å². The van der Waals surface area contributed by atoms with Crippen LogP contribution in [-0.2, 0) is 9.53 Å². The molecular formula is C13H23NO3. The minimum absolute atomic E-state index is 0.00266. The third-order valence-corrected chi connectivity index (χ3v) is 4.05. The molecule has 2 aliphatic rings. The number of carbonyl (C=O) groups is 1. The number of aliphatic hydroxyl groups is 1. The van der Waals surface area contributed by atoms with Gasteiger partial charge in [-0.05, 0) is 25.7 Å². The van der Waals surface area contributed by atoms with Crippen LogP contribution in [0.15, 0.2) is 0 Å². The van der Waals surface area contributed by atoms with E-state index in [9.17, 15) is 9.90 Å². The average molecular weight is 241 g/mol. The van der Waals surface area contributed by atoms with E-state index in [0.29, 0.717) is 6.61 Å². The van der Waals surface area contributed by atoms with Gasteiger partial charge < -0.3 is 14.7 Å². The molecule has 4 nitrogen and oxygen atoms in total. The first-order chi connectivity index (χ1) is 8.20. The van der Waals surface area contributed by atoms with Crippen LogP contribution in [0.25, 0.3) is 0 Å². The van der Waals surface area contributed by atoms with Gasteiger partial charge in [0.05, 0.1) is 24.7 Å². The van der Waals surface area contributed by atoms with Crippen molar-refractivity contribution < 1.29 is 14.6 Å². The first-order valence-corrected chi connectivity index (χ1v) is 6.72. The Bertz CT molecular complexity index is 263. The molecule has 1 heterocycles. The van der Waals surface area contributed by atoms with Crippen LogP contribution in [0.4, 0.5) is 0 Å². The Hall–Kier alpha value is -0.610. The highest BCUT2D eigenvalue weighted by Gasteiger charge is 2.33. The minimum Gasteiger partial charge on any atom is -0.391 e. The van der Waals surface area contributed by atoms with Gasteiger partial charge >= 0.3 is 0 Å². The van der Waals surface area contributed by atoms with Crippen LogP contribution in [0.3, 0.4) is 0 Å². The molecular weight excluding hydrogens is 218 g/mol. The van der Waals surface area contributed by atoms with E-state index >= 15 is 0 Å². The standard InChI is InChI=1S/C13H23NO3/c1-14(11-6-2-3-7-12(11)15)13(16)10-5-4-8-17-9-10/h10-12,15H,2-9H2,1H3. The van der Waals surface area contributed by atoms with Gasteiger partial charge in [-0.1, -0.05) is 12.8 Å². The monoisotopic (exact) mass is 241 g/mol. The van der Waals surface area contributed by atoms with Gasteiger partial charge in [0, 0.05) is 13.7 Å². The fraction of sp³-hybridized carbons (Fsp3) is 0.923. The summed E-state index contributed by atoms with van der Waals surface area (Å²) in [5, 5.41) is 9.96. The van der Waals surface area contributed by atoms with Crippen molar-refractivity contribution in [3.63, 3.8) is 0 Å². The molecule has 17 heavy (non-hydrogen) atoms. The number of aliphatic hydroxyl groups excluding tert-OH is 1. The molecule has 0 aromatic carbocycles. The molecule has 2 fully saturated rings. The zero-order valence-corrected chi connectivity index (χ0v) is 10.6. The SMILES string of the molecule is CN(C(=O)C1CCCOC1)C1CCCCC1O. The number of hydrogen-bond acceptors (Lipinski definition) is 3. The Morgan fingerprint density at radius 2 is 2.00 bits per heavy atom. The smallest absolute Gasteiger partial charge is 0.228 e. The molecule has 0 radical (unpaired) electrons. The molecule has 1 N–H and O–H groups in total. The van der Waals surface area contributed by atoms with E-state index in [-0.39, 0.29) is 24.0 Å². The Morgan fingerprint density at radius 3 is 2.65 bits per heavy atom. The average Bonchev–Trinajstić information content (AvgIpc) is 2.39. The van der Waals surface area contributed by atoms with Crippen molar-refractivity contribution in [2.45, 2.75) is 50.7 Å². The van der Waals surface area contributed by atoms with E-state index < -0.39 is 0 Å². The van der Waals surface area contributed by atoms with Crippen molar-refractivity contribution in [3.8, 4) is 0 Å². The number of nitrogens with zero attached hydrogens (tertiary/aromatic N) is 1. The molecule has 2 rings (SSSR count). The third kappa shape index (κ3) is 2.99. The zero-order chi connectivity index (χ0) is 12.3. The predicted molar refractivity (Wildman–Crippen MR) is 64.6 cm³/mol. The maximum Gasteiger partial charge on any atom is 0.228 e. The molecule has 1 aliphatic heterocycles. The van der Waals surface area contributed by atoms with Crippen LogP contribution < -0.4 is 0 Å². The maximum absolute atomic E-state index is 12.3. The number of likely N-dealkylation sites (N-methyl/N-ethyl adjacent to an activating group) is 1. The normalized spacial score (nSPS) is 34.4. The highest BCUT2D eigenvalue weighted by atomic mass is 16.5. The van der Waals surface area contributed by atoms with Crippen LogP contribution >= 0.6 is 0 Å². The summed E-state index contributed by atoms with van der Waals surface area (Å²) in [5.74, 6) is 0.151. The summed E-state index contributed by atoms with van der Waals surface area (Å²) in [6, 6.07) is 0.0122. The number of rotatable bonds is 2. The Labute approximate surface area is 103 Å². The van der Waals surface area contributed by atoms with Gasteiger partial charge in [-0.15, -0.1) is 0 Å². The topological polar surface area (TPSA) is 49.8 Å². The second-order valence-electron chi connectivity index (χ2n) is 5.28. The molecule has 4 heteroatoms. The van der Waals surface area contributed by atoms with Crippen molar-refractivity contribution in [2.75, 3.05) is 20.3 Å². The summed E-state index contributed by atoms with van der Waals surface area (Å²) < 4.78 is 5.36. The fourth-order valence-electron chi connectivity index (χ4n) is 2.93. The van der Waals surface area contributed by atoms with Crippen LogP contribution in [0.2, 0.25) is 0 Å². The Kier molecular flexibility index (Phi) is 4.40. The third-order valence-electron chi connectivity index (χ3n) is 4.05. The van der Waals surface area contributed by atoms with Crippen LogP contribution in [-0.4, -0.2) is 48.3 Å². The van der Waals surface area contributed by atoms with Crippen LogP contribution in [0.1, 0.15) is 38.5 Å². The maximum atomic E-state index is 12.3. The second-order valence-corrected chi connectivity index (χ2v) is 5.28. The number of hydrogen-bond donors (Lipinski definition) is 1. The van der Waals surface area contributed by atoms with Crippen molar-refractivity contribution in [1.29, 1.82) is 0 Å². The Morgan fingerprint density at radius 1 is 1.24 bits per heavy atom. The first-order valence-electron chi connectivity index (χ1n) is 6.72. The quantitative estimate of drug-likeness (QED) is 0.789. The summed E-state index contributed by atoms with van der Waals surface area (Å²) in [6.45, 7) is 1.32. The lowest BCUT2D eigenvalue weighted by Gasteiger charge is -2.37. The van der Waals surface area contributed by atoms with Crippen molar-refractivity contribution in [2.24, 2.45) is 5.92 Å². The lowest BCUT2D eigenvalue weighted by molar-refractivity contribution is -0.143. The lowest BCUT2D eigenvalue weighted by Crippen LogP contribution is -2.49. The highest BCUT2D eigenvalue weighted by Crippen LogP contribution is 2.25. The van der Waals surface area contributed by atoms with Gasteiger partial charge in [0.25, 0.3) is 0 Å². The number of carbonyl (C=O) groups excluding carboxylic acids is 1. The second kappa shape index (κ2) is 5.83. The summed E-state index contributed by atoms with van der Waals surface area (Å²) in [5.41, 5.74) is 0. The number of amides is 1. The minimum atomic E-state index is -0.345. The Balaban J connectivity index is 1.92. The van der Waals surface area contributed by atoms with E-state index in [1.54, 1.807) is 4.90 Å².